The minimum absolute atomic E-state index is 0.0193. The molecular weight excluding hydrogens is 474 g/mol. The number of likely N-dealkylation sites (tertiary alicyclic amines) is 1. The molecule has 1 amide bonds. The zero-order valence-electron chi connectivity index (χ0n) is 23.3. The van der Waals surface area contributed by atoms with Gasteiger partial charge in [-0.15, -0.1) is 0 Å². The number of carbonyl (C=O) groups excluding carboxylic acids is 2. The summed E-state index contributed by atoms with van der Waals surface area (Å²) in [7, 11) is 0. The smallest absolute Gasteiger partial charge is 0.251 e. The van der Waals surface area contributed by atoms with Crippen molar-refractivity contribution in [3.05, 3.63) is 53.6 Å². The van der Waals surface area contributed by atoms with E-state index >= 15 is 0 Å². The van der Waals surface area contributed by atoms with Crippen molar-refractivity contribution in [3.63, 3.8) is 0 Å². The summed E-state index contributed by atoms with van der Waals surface area (Å²) >= 11 is 0. The van der Waals surface area contributed by atoms with Gasteiger partial charge in [0.25, 0.3) is 5.91 Å². The lowest BCUT2D eigenvalue weighted by Crippen LogP contribution is -2.34. The maximum Gasteiger partial charge on any atom is 0.251 e. The van der Waals surface area contributed by atoms with Crippen molar-refractivity contribution in [2.24, 2.45) is 0 Å². The molecule has 1 aromatic heterocycles. The summed E-state index contributed by atoms with van der Waals surface area (Å²) in [5.41, 5.74) is 4.06. The van der Waals surface area contributed by atoms with Crippen LogP contribution >= 0.6 is 0 Å². The fourth-order valence-corrected chi connectivity index (χ4v) is 5.39. The van der Waals surface area contributed by atoms with Crippen molar-refractivity contribution >= 4 is 34.4 Å². The third-order valence-electron chi connectivity index (χ3n) is 7.47. The van der Waals surface area contributed by atoms with E-state index < -0.39 is 0 Å². The third kappa shape index (κ3) is 7.22. The monoisotopic (exact) mass is 517 g/mol. The van der Waals surface area contributed by atoms with Gasteiger partial charge in [-0.05, 0) is 101 Å². The number of amides is 1. The Morgan fingerprint density at radius 2 is 1.61 bits per heavy atom. The van der Waals surface area contributed by atoms with E-state index in [1.165, 1.54) is 32.4 Å². The first-order valence-electron chi connectivity index (χ1n) is 14.4. The average Bonchev–Trinajstić information content (AvgIpc) is 3.26. The number of piperidine rings is 1. The van der Waals surface area contributed by atoms with E-state index in [2.05, 4.69) is 33.9 Å². The second-order valence-corrected chi connectivity index (χ2v) is 10.6. The molecule has 3 aromatic rings. The van der Waals surface area contributed by atoms with Gasteiger partial charge in [-0.25, -0.2) is 4.98 Å². The van der Waals surface area contributed by atoms with Crippen LogP contribution in [0.25, 0.3) is 11.0 Å². The molecule has 4 rings (SSSR count). The maximum atomic E-state index is 13.2. The lowest BCUT2D eigenvalue weighted by molar-refractivity contribution is 0.0932. The van der Waals surface area contributed by atoms with E-state index in [0.29, 0.717) is 11.1 Å². The van der Waals surface area contributed by atoms with Crippen LogP contribution in [0.5, 0.6) is 0 Å². The third-order valence-corrected chi connectivity index (χ3v) is 7.47. The van der Waals surface area contributed by atoms with Gasteiger partial charge in [0.1, 0.15) is 0 Å². The molecule has 0 bridgehead atoms. The average molecular weight is 518 g/mol. The maximum absolute atomic E-state index is 13.2. The van der Waals surface area contributed by atoms with Gasteiger partial charge in [-0.3, -0.25) is 9.59 Å². The Balaban J connectivity index is 1.59. The summed E-state index contributed by atoms with van der Waals surface area (Å²) in [4.78, 5) is 32.3. The van der Waals surface area contributed by atoms with Crippen LogP contribution in [-0.4, -0.2) is 51.8 Å². The van der Waals surface area contributed by atoms with Crippen molar-refractivity contribution in [3.8, 4) is 0 Å². The number of carbonyl (C=O) groups is 2. The molecular formula is C31H43N5O2. The predicted molar refractivity (Wildman–Crippen MR) is 155 cm³/mol. The largest absolute Gasteiger partial charge is 0.349 e. The number of hydrogen-bond donors (Lipinski definition) is 2. The van der Waals surface area contributed by atoms with E-state index in [0.717, 1.165) is 67.9 Å². The van der Waals surface area contributed by atoms with Crippen LogP contribution in [0.4, 0.5) is 11.6 Å². The van der Waals surface area contributed by atoms with Crippen LogP contribution in [0.15, 0.2) is 42.5 Å². The number of fused-ring (bicyclic) bond motifs is 1. The van der Waals surface area contributed by atoms with Gasteiger partial charge in [-0.1, -0.05) is 33.1 Å². The minimum atomic E-state index is -0.0193. The molecule has 7 heteroatoms. The van der Waals surface area contributed by atoms with E-state index in [9.17, 15) is 9.59 Å². The number of Topliss-reactive ketones (excluding diaryl/α,β-unsaturated/α-hetero) is 1. The van der Waals surface area contributed by atoms with Gasteiger partial charge >= 0.3 is 0 Å². The van der Waals surface area contributed by atoms with Crippen molar-refractivity contribution in [1.82, 2.24) is 19.8 Å². The lowest BCUT2D eigenvalue weighted by Gasteiger charge is -2.26. The zero-order chi connectivity index (χ0) is 26.9. The molecule has 0 spiro atoms. The number of rotatable bonds is 13. The molecule has 7 nitrogen and oxygen atoms in total. The van der Waals surface area contributed by atoms with E-state index in [1.807, 2.05) is 42.5 Å². The Labute approximate surface area is 227 Å². The molecule has 0 saturated carbocycles. The van der Waals surface area contributed by atoms with Crippen LogP contribution < -0.4 is 10.6 Å². The fraction of sp³-hybridized carbons (Fsp3) is 0.516. The molecule has 204 valence electrons. The number of aromatic nitrogens is 2. The summed E-state index contributed by atoms with van der Waals surface area (Å²) in [5.74, 6) is 0.781. The summed E-state index contributed by atoms with van der Waals surface area (Å²) < 4.78 is 2.20. The van der Waals surface area contributed by atoms with Gasteiger partial charge in [0.2, 0.25) is 5.95 Å². The van der Waals surface area contributed by atoms with Crippen molar-refractivity contribution in [1.29, 1.82) is 0 Å². The lowest BCUT2D eigenvalue weighted by atomic mass is 10.1. The standard InChI is InChI=1S/C31H43N5O2/c1-4-10-26(11-5-2)32-30(38)25-14-17-28-29(22-25)36(21-9-20-35-18-7-6-8-19-35)31(34-28)33-27-15-12-24(13-16-27)23(3)37/h12-17,22,26H,4-11,18-21H2,1-3H3,(H,32,38)(H,33,34). The summed E-state index contributed by atoms with van der Waals surface area (Å²) in [6.45, 7) is 10.1. The summed E-state index contributed by atoms with van der Waals surface area (Å²) in [5, 5.41) is 6.71. The molecule has 38 heavy (non-hydrogen) atoms. The topological polar surface area (TPSA) is 79.3 Å². The molecule has 1 fully saturated rings. The van der Waals surface area contributed by atoms with Crippen LogP contribution in [0.1, 0.15) is 92.9 Å². The number of nitrogens with one attached hydrogen (secondary N) is 2. The molecule has 0 unspecified atom stereocenters. The Morgan fingerprint density at radius 3 is 2.26 bits per heavy atom. The first-order chi connectivity index (χ1) is 18.5. The molecule has 1 aliphatic heterocycles. The van der Waals surface area contributed by atoms with E-state index in [4.69, 9.17) is 4.98 Å². The summed E-state index contributed by atoms with van der Waals surface area (Å²) in [6.07, 6.45) is 9.00. The van der Waals surface area contributed by atoms with Crippen LogP contribution in [0, 0.1) is 0 Å². The van der Waals surface area contributed by atoms with Gasteiger partial charge in [0.05, 0.1) is 11.0 Å². The van der Waals surface area contributed by atoms with Crippen LogP contribution in [0.3, 0.4) is 0 Å². The van der Waals surface area contributed by atoms with Crippen molar-refractivity contribution < 1.29 is 9.59 Å². The van der Waals surface area contributed by atoms with E-state index in [1.54, 1.807) is 6.92 Å². The highest BCUT2D eigenvalue weighted by Gasteiger charge is 2.17. The number of benzene rings is 2. The molecule has 2 N–H and O–H groups in total. The van der Waals surface area contributed by atoms with E-state index in [-0.39, 0.29) is 17.7 Å². The number of aryl methyl sites for hydroxylation is 1. The highest BCUT2D eigenvalue weighted by atomic mass is 16.1. The Kier molecular flexibility index (Phi) is 9.93. The molecule has 0 radical (unpaired) electrons. The SMILES string of the molecule is CCCC(CCC)NC(=O)c1ccc2nc(Nc3ccc(C(C)=O)cc3)n(CCCN3CCCCC3)c2c1. The first kappa shape index (κ1) is 27.8. The first-order valence-corrected chi connectivity index (χ1v) is 14.4. The van der Waals surface area contributed by atoms with Gasteiger partial charge in [-0.2, -0.15) is 0 Å². The molecule has 0 atom stereocenters. The predicted octanol–water partition coefficient (Wildman–Crippen LogP) is 6.56. The Hall–Kier alpha value is -3.19. The van der Waals surface area contributed by atoms with Gasteiger partial charge < -0.3 is 20.1 Å². The normalized spacial score (nSPS) is 14.2. The van der Waals surface area contributed by atoms with Crippen molar-refractivity contribution in [2.45, 2.75) is 84.7 Å². The minimum Gasteiger partial charge on any atom is -0.349 e. The zero-order valence-corrected chi connectivity index (χ0v) is 23.3. The van der Waals surface area contributed by atoms with Crippen LogP contribution in [0.2, 0.25) is 0 Å². The quantitative estimate of drug-likeness (QED) is 0.251. The van der Waals surface area contributed by atoms with Gasteiger partial charge in [0, 0.05) is 29.4 Å². The molecule has 0 aliphatic carbocycles. The molecule has 1 aliphatic rings. The van der Waals surface area contributed by atoms with Gasteiger partial charge in [0.15, 0.2) is 5.78 Å². The number of imidazole rings is 1. The van der Waals surface area contributed by atoms with Crippen LogP contribution in [-0.2, 0) is 6.54 Å². The number of nitrogens with zero attached hydrogens (tertiary/aromatic N) is 3. The fourth-order valence-electron chi connectivity index (χ4n) is 5.39. The molecule has 2 heterocycles. The second-order valence-electron chi connectivity index (χ2n) is 10.6. The molecule has 2 aromatic carbocycles. The highest BCUT2D eigenvalue weighted by Crippen LogP contribution is 2.25. The Morgan fingerprint density at radius 1 is 0.921 bits per heavy atom. The molecule has 1 saturated heterocycles. The number of anilines is 2. The number of hydrogen-bond acceptors (Lipinski definition) is 5. The number of ketones is 1. The van der Waals surface area contributed by atoms with Crippen molar-refractivity contribution in [2.75, 3.05) is 25.0 Å². The Bertz CT molecular complexity index is 1200. The summed E-state index contributed by atoms with van der Waals surface area (Å²) in [6, 6.07) is 13.5. The highest BCUT2D eigenvalue weighted by molar-refractivity contribution is 5.98. The second kappa shape index (κ2) is 13.6.